The van der Waals surface area contributed by atoms with E-state index in [1.54, 1.807) is 27.7 Å². The summed E-state index contributed by atoms with van der Waals surface area (Å²) < 4.78 is 27.7. The molecule has 0 aliphatic carbocycles. The number of nitrogens with two attached hydrogens (primary N) is 1. The second kappa shape index (κ2) is 9.21. The molecule has 0 amide bonds. The van der Waals surface area contributed by atoms with Crippen molar-refractivity contribution in [2.24, 2.45) is 11.8 Å². The zero-order valence-electron chi connectivity index (χ0n) is 16.9. The Labute approximate surface area is 173 Å². The molecule has 0 bridgehead atoms. The fraction of sp³-hybridized carbons (Fsp3) is 0.684. The molecule has 8 nitrogen and oxygen atoms in total. The number of hydrogen-bond donors (Lipinski definition) is 1. The van der Waals surface area contributed by atoms with Crippen molar-refractivity contribution >= 4 is 29.2 Å². The third-order valence-electron chi connectivity index (χ3n) is 4.94. The molecule has 0 saturated carbocycles. The van der Waals surface area contributed by atoms with Crippen LogP contribution in [0.2, 0.25) is 0 Å². The predicted molar refractivity (Wildman–Crippen MR) is 105 cm³/mol. The van der Waals surface area contributed by atoms with Crippen molar-refractivity contribution < 1.29 is 23.5 Å². The molecule has 1 aromatic heterocycles. The highest BCUT2D eigenvalue weighted by Gasteiger charge is 2.58. The van der Waals surface area contributed by atoms with E-state index >= 15 is 4.39 Å². The number of Topliss-reactive ketones (excluding diaryl/α,β-unsaturated/α-hetero) is 1. The Morgan fingerprint density at radius 1 is 1.38 bits per heavy atom. The van der Waals surface area contributed by atoms with Gasteiger partial charge in [0.05, 0.1) is 11.8 Å². The number of esters is 1. The van der Waals surface area contributed by atoms with Crippen molar-refractivity contribution in [1.29, 1.82) is 0 Å². The molecule has 1 aliphatic heterocycles. The normalized spacial score (nSPS) is 26.8. The minimum atomic E-state index is -1.89. The monoisotopic (exact) mass is 431 g/mol. The number of ketones is 1. The van der Waals surface area contributed by atoms with E-state index in [2.05, 4.69) is 4.98 Å². The Kier molecular flexibility index (Phi) is 7.40. The highest BCUT2D eigenvalue weighted by atomic mass is 35.5. The van der Waals surface area contributed by atoms with Gasteiger partial charge in [0.25, 0.3) is 0 Å². The topological polar surface area (TPSA) is 114 Å². The van der Waals surface area contributed by atoms with Gasteiger partial charge in [-0.05, 0) is 12.5 Å². The van der Waals surface area contributed by atoms with E-state index in [9.17, 15) is 14.4 Å². The molecule has 0 unspecified atom stereocenters. The van der Waals surface area contributed by atoms with Crippen molar-refractivity contribution in [1.82, 2.24) is 9.55 Å². The maximum Gasteiger partial charge on any atom is 0.351 e. The van der Waals surface area contributed by atoms with Crippen LogP contribution >= 0.6 is 11.6 Å². The molecule has 1 fully saturated rings. The van der Waals surface area contributed by atoms with Gasteiger partial charge in [-0.2, -0.15) is 4.98 Å². The Hall–Kier alpha value is -2.00. The summed E-state index contributed by atoms with van der Waals surface area (Å²) >= 11 is 6.15. The minimum absolute atomic E-state index is 0.0198. The van der Waals surface area contributed by atoms with Crippen molar-refractivity contribution in [3.63, 3.8) is 0 Å². The van der Waals surface area contributed by atoms with E-state index in [4.69, 9.17) is 26.8 Å². The second-order valence-electron chi connectivity index (χ2n) is 7.83. The number of rotatable bonds is 8. The number of alkyl halides is 2. The predicted octanol–water partition coefficient (Wildman–Crippen LogP) is 2.24. The lowest BCUT2D eigenvalue weighted by Crippen LogP contribution is -2.47. The number of nitrogen functional groups attached to an aromatic ring is 1. The van der Waals surface area contributed by atoms with E-state index in [0.717, 1.165) is 4.57 Å². The fourth-order valence-corrected chi connectivity index (χ4v) is 3.42. The SMILES string of the molecule is CC(C)C(=O)CC[C@@]1(CCl)O[C@@H](n2ccc(N)nc2=O)[C@H](F)[C@@H]1OC(=O)C(C)C. The maximum atomic E-state index is 15.4. The van der Waals surface area contributed by atoms with Gasteiger partial charge in [0.1, 0.15) is 17.2 Å². The standard InChI is InChI=1S/C19H27ClFN3O5/c1-10(2)12(25)5-7-19(9-20)15(28-17(26)11(3)4)14(21)16(29-19)24-8-6-13(22)23-18(24)27/h6,8,10-11,14-16H,5,7,9H2,1-4H3,(H2,22,23,27)/t14-,15+,16-,19+/m1/s1. The van der Waals surface area contributed by atoms with Crippen LogP contribution in [0.1, 0.15) is 46.8 Å². The minimum Gasteiger partial charge on any atom is -0.456 e. The zero-order valence-corrected chi connectivity index (χ0v) is 17.7. The Balaban J connectivity index is 2.42. The van der Waals surface area contributed by atoms with Gasteiger partial charge in [-0.1, -0.05) is 27.7 Å². The number of carbonyl (C=O) groups is 2. The lowest BCUT2D eigenvalue weighted by atomic mass is 9.89. The fourth-order valence-electron chi connectivity index (χ4n) is 3.07. The van der Waals surface area contributed by atoms with Crippen molar-refractivity contribution in [3.05, 3.63) is 22.7 Å². The van der Waals surface area contributed by atoms with Crippen LogP contribution in [0, 0.1) is 11.8 Å². The molecule has 0 aromatic carbocycles. The molecule has 29 heavy (non-hydrogen) atoms. The third-order valence-corrected chi connectivity index (χ3v) is 5.39. The lowest BCUT2D eigenvalue weighted by Gasteiger charge is -2.32. The number of aromatic nitrogens is 2. The number of anilines is 1. The van der Waals surface area contributed by atoms with Gasteiger partial charge in [0.2, 0.25) is 0 Å². The lowest BCUT2D eigenvalue weighted by molar-refractivity contribution is -0.165. The first-order valence-electron chi connectivity index (χ1n) is 9.48. The molecule has 2 heterocycles. The average molecular weight is 432 g/mol. The van der Waals surface area contributed by atoms with Gasteiger partial charge in [0, 0.05) is 18.5 Å². The van der Waals surface area contributed by atoms with Crippen LogP contribution in [0.25, 0.3) is 0 Å². The molecule has 2 N–H and O–H groups in total. The summed E-state index contributed by atoms with van der Waals surface area (Å²) in [7, 11) is 0. The van der Waals surface area contributed by atoms with Crippen molar-refractivity contribution in [3.8, 4) is 0 Å². The molecule has 0 radical (unpaired) electrons. The van der Waals surface area contributed by atoms with Gasteiger partial charge in [0.15, 0.2) is 18.5 Å². The molecular formula is C19H27ClFN3O5. The van der Waals surface area contributed by atoms with Crippen LogP contribution in [0.5, 0.6) is 0 Å². The molecule has 1 aliphatic rings. The highest BCUT2D eigenvalue weighted by molar-refractivity contribution is 6.18. The second-order valence-corrected chi connectivity index (χ2v) is 8.09. The van der Waals surface area contributed by atoms with Gasteiger partial charge < -0.3 is 15.2 Å². The van der Waals surface area contributed by atoms with Crippen LogP contribution in [0.4, 0.5) is 10.2 Å². The molecule has 162 valence electrons. The highest BCUT2D eigenvalue weighted by Crippen LogP contribution is 2.44. The van der Waals surface area contributed by atoms with E-state index in [0.29, 0.717) is 0 Å². The maximum absolute atomic E-state index is 15.4. The Bertz CT molecular complexity index is 815. The van der Waals surface area contributed by atoms with Crippen LogP contribution in [0.3, 0.4) is 0 Å². The number of carbonyl (C=O) groups excluding carboxylic acids is 2. The summed E-state index contributed by atoms with van der Waals surface area (Å²) in [6.45, 7) is 6.73. The number of hydrogen-bond acceptors (Lipinski definition) is 7. The molecule has 2 rings (SSSR count). The summed E-state index contributed by atoms with van der Waals surface area (Å²) in [5.41, 5.74) is 3.21. The van der Waals surface area contributed by atoms with E-state index in [1.807, 2.05) is 0 Å². The quantitative estimate of drug-likeness (QED) is 0.496. The van der Waals surface area contributed by atoms with Crippen LogP contribution in [-0.4, -0.2) is 45.1 Å². The van der Waals surface area contributed by atoms with E-state index < -0.39 is 41.7 Å². The summed E-state index contributed by atoms with van der Waals surface area (Å²) in [6.07, 6.45) is -3.34. The van der Waals surface area contributed by atoms with Crippen LogP contribution in [0.15, 0.2) is 17.1 Å². The van der Waals surface area contributed by atoms with Crippen molar-refractivity contribution in [2.45, 2.75) is 64.6 Å². The van der Waals surface area contributed by atoms with Crippen molar-refractivity contribution in [2.75, 3.05) is 11.6 Å². The molecule has 10 heteroatoms. The van der Waals surface area contributed by atoms with Gasteiger partial charge >= 0.3 is 11.7 Å². The summed E-state index contributed by atoms with van der Waals surface area (Å²) in [5, 5.41) is 0. The smallest absolute Gasteiger partial charge is 0.351 e. The first kappa shape index (κ1) is 23.3. The van der Waals surface area contributed by atoms with Gasteiger partial charge in [-0.3, -0.25) is 14.2 Å². The van der Waals surface area contributed by atoms with Crippen LogP contribution < -0.4 is 11.4 Å². The Morgan fingerprint density at radius 3 is 2.55 bits per heavy atom. The molecule has 1 aromatic rings. The molecular weight excluding hydrogens is 405 g/mol. The average Bonchev–Trinajstić information content (AvgIpc) is 2.92. The van der Waals surface area contributed by atoms with E-state index in [1.165, 1.54) is 12.3 Å². The third kappa shape index (κ3) is 4.95. The van der Waals surface area contributed by atoms with Crippen LogP contribution in [-0.2, 0) is 19.1 Å². The molecule has 4 atom stereocenters. The first-order chi connectivity index (χ1) is 13.5. The van der Waals surface area contributed by atoms with Gasteiger partial charge in [-0.25, -0.2) is 9.18 Å². The zero-order chi connectivity index (χ0) is 21.9. The Morgan fingerprint density at radius 2 is 2.03 bits per heavy atom. The number of nitrogens with zero attached hydrogens (tertiary/aromatic N) is 2. The summed E-state index contributed by atoms with van der Waals surface area (Å²) in [4.78, 5) is 40.1. The molecule has 1 saturated heterocycles. The molecule has 0 spiro atoms. The van der Waals surface area contributed by atoms with E-state index in [-0.39, 0.29) is 36.2 Å². The summed E-state index contributed by atoms with van der Waals surface area (Å²) in [5.74, 6) is -1.67. The first-order valence-corrected chi connectivity index (χ1v) is 10.0. The number of ether oxygens (including phenoxy) is 2. The van der Waals surface area contributed by atoms with Gasteiger partial charge in [-0.15, -0.1) is 11.6 Å². The summed E-state index contributed by atoms with van der Waals surface area (Å²) in [6, 6.07) is 1.33. The largest absolute Gasteiger partial charge is 0.456 e. The number of halogens is 2.